The minimum atomic E-state index is -0.479. The van der Waals surface area contributed by atoms with E-state index in [2.05, 4.69) is 4.74 Å². The first-order valence-corrected chi connectivity index (χ1v) is 5.39. The standard InChI is InChI=1S/C10H12FNO3S/c1-14-8-4-9(6(11)3-7(8)12)16-5-10(13)15-2/h3-4H,5,12H2,1-2H3. The van der Waals surface area contributed by atoms with Gasteiger partial charge in [0.2, 0.25) is 0 Å². The molecule has 2 N–H and O–H groups in total. The molecule has 16 heavy (non-hydrogen) atoms. The van der Waals surface area contributed by atoms with Crippen LogP contribution < -0.4 is 10.5 Å². The summed E-state index contributed by atoms with van der Waals surface area (Å²) in [5.74, 6) is -0.471. The van der Waals surface area contributed by atoms with Gasteiger partial charge < -0.3 is 15.2 Å². The maximum absolute atomic E-state index is 13.4. The summed E-state index contributed by atoms with van der Waals surface area (Å²) >= 11 is 1.03. The predicted octanol–water partition coefficient (Wildman–Crippen LogP) is 1.68. The second-order valence-corrected chi connectivity index (χ2v) is 3.91. The van der Waals surface area contributed by atoms with Crippen molar-refractivity contribution in [2.24, 2.45) is 0 Å². The Morgan fingerprint density at radius 1 is 1.50 bits per heavy atom. The molecule has 88 valence electrons. The number of rotatable bonds is 4. The molecule has 1 aromatic rings. The highest BCUT2D eigenvalue weighted by Gasteiger charge is 2.10. The molecule has 0 aromatic heterocycles. The number of nitrogen functional groups attached to an aromatic ring is 1. The van der Waals surface area contributed by atoms with E-state index in [4.69, 9.17) is 10.5 Å². The summed E-state index contributed by atoms with van der Waals surface area (Å²) in [4.78, 5) is 11.2. The Morgan fingerprint density at radius 3 is 2.75 bits per heavy atom. The van der Waals surface area contributed by atoms with Crippen molar-refractivity contribution in [2.75, 3.05) is 25.7 Å². The first-order chi connectivity index (χ1) is 7.58. The fourth-order valence-corrected chi connectivity index (χ4v) is 1.81. The molecule has 0 spiro atoms. The topological polar surface area (TPSA) is 61.5 Å². The number of anilines is 1. The van der Waals surface area contributed by atoms with Crippen LogP contribution in [0.2, 0.25) is 0 Å². The molecular weight excluding hydrogens is 233 g/mol. The molecule has 0 fully saturated rings. The van der Waals surface area contributed by atoms with Gasteiger partial charge in [0.1, 0.15) is 11.6 Å². The Bertz CT molecular complexity index is 398. The number of carbonyl (C=O) groups excluding carboxylic acids is 1. The van der Waals surface area contributed by atoms with E-state index in [1.54, 1.807) is 0 Å². The molecule has 0 unspecified atom stereocenters. The first kappa shape index (κ1) is 12.6. The summed E-state index contributed by atoms with van der Waals surface area (Å²) in [5, 5.41) is 0. The van der Waals surface area contributed by atoms with Gasteiger partial charge in [0, 0.05) is 11.0 Å². The maximum Gasteiger partial charge on any atom is 0.315 e. The van der Waals surface area contributed by atoms with Crippen LogP contribution in [-0.2, 0) is 9.53 Å². The average molecular weight is 245 g/mol. The van der Waals surface area contributed by atoms with Crippen LogP contribution in [0.1, 0.15) is 0 Å². The third kappa shape index (κ3) is 3.03. The molecule has 0 saturated heterocycles. The molecule has 0 aliphatic heterocycles. The van der Waals surface area contributed by atoms with Crippen molar-refractivity contribution in [3.8, 4) is 5.75 Å². The second-order valence-electron chi connectivity index (χ2n) is 2.89. The lowest BCUT2D eigenvalue weighted by atomic mass is 10.3. The van der Waals surface area contributed by atoms with Crippen LogP contribution in [0.4, 0.5) is 10.1 Å². The van der Waals surface area contributed by atoms with Crippen LogP contribution in [0.3, 0.4) is 0 Å². The van der Waals surface area contributed by atoms with Gasteiger partial charge in [-0.2, -0.15) is 0 Å². The lowest BCUT2D eigenvalue weighted by Crippen LogP contribution is -2.03. The molecule has 0 aliphatic rings. The van der Waals surface area contributed by atoms with Crippen LogP contribution >= 0.6 is 11.8 Å². The molecule has 0 atom stereocenters. The van der Waals surface area contributed by atoms with E-state index in [-0.39, 0.29) is 11.4 Å². The Morgan fingerprint density at radius 2 is 2.19 bits per heavy atom. The van der Waals surface area contributed by atoms with Crippen molar-refractivity contribution >= 4 is 23.4 Å². The fourth-order valence-electron chi connectivity index (χ4n) is 1.03. The van der Waals surface area contributed by atoms with E-state index in [9.17, 15) is 9.18 Å². The van der Waals surface area contributed by atoms with Crippen molar-refractivity contribution in [1.82, 2.24) is 0 Å². The molecule has 4 nitrogen and oxygen atoms in total. The van der Waals surface area contributed by atoms with Crippen LogP contribution in [-0.4, -0.2) is 25.9 Å². The quantitative estimate of drug-likeness (QED) is 0.497. The molecule has 0 heterocycles. The number of hydrogen-bond donors (Lipinski definition) is 1. The van der Waals surface area contributed by atoms with Gasteiger partial charge in [0.15, 0.2) is 0 Å². The predicted molar refractivity (Wildman–Crippen MR) is 60.1 cm³/mol. The lowest BCUT2D eigenvalue weighted by Gasteiger charge is -2.08. The summed E-state index contributed by atoms with van der Waals surface area (Å²) in [5.41, 5.74) is 5.74. The minimum Gasteiger partial charge on any atom is -0.495 e. The van der Waals surface area contributed by atoms with E-state index < -0.39 is 11.8 Å². The normalized spacial score (nSPS) is 9.94. The number of halogens is 1. The van der Waals surface area contributed by atoms with Crippen LogP contribution in [0.25, 0.3) is 0 Å². The molecule has 0 bridgehead atoms. The van der Waals surface area contributed by atoms with E-state index in [0.29, 0.717) is 10.6 Å². The van der Waals surface area contributed by atoms with Crippen molar-refractivity contribution in [3.63, 3.8) is 0 Å². The number of ether oxygens (including phenoxy) is 2. The summed E-state index contributed by atoms with van der Waals surface area (Å²) in [7, 11) is 2.72. The number of methoxy groups -OCH3 is 2. The maximum atomic E-state index is 13.4. The third-order valence-electron chi connectivity index (χ3n) is 1.86. The number of benzene rings is 1. The van der Waals surface area contributed by atoms with Gasteiger partial charge in [0.05, 0.1) is 25.7 Å². The third-order valence-corrected chi connectivity index (χ3v) is 2.86. The second kappa shape index (κ2) is 5.60. The molecule has 0 aliphatic carbocycles. The first-order valence-electron chi connectivity index (χ1n) is 4.41. The highest BCUT2D eigenvalue weighted by atomic mass is 32.2. The number of hydrogen-bond acceptors (Lipinski definition) is 5. The van der Waals surface area contributed by atoms with E-state index >= 15 is 0 Å². The van der Waals surface area contributed by atoms with Crippen LogP contribution in [0.5, 0.6) is 5.75 Å². The smallest absolute Gasteiger partial charge is 0.315 e. The Hall–Kier alpha value is -1.43. The summed E-state index contributed by atoms with van der Waals surface area (Å²) in [6.07, 6.45) is 0. The largest absolute Gasteiger partial charge is 0.495 e. The number of thioether (sulfide) groups is 1. The van der Waals surface area contributed by atoms with E-state index in [0.717, 1.165) is 11.8 Å². The molecule has 1 rings (SSSR count). The van der Waals surface area contributed by atoms with Crippen molar-refractivity contribution < 1.29 is 18.7 Å². The minimum absolute atomic E-state index is 0.0422. The summed E-state index contributed by atoms with van der Waals surface area (Å²) < 4.78 is 22.8. The Balaban J connectivity index is 2.83. The van der Waals surface area contributed by atoms with E-state index in [1.165, 1.54) is 26.4 Å². The SMILES string of the molecule is COC(=O)CSc1cc(OC)c(N)cc1F. The zero-order valence-electron chi connectivity index (χ0n) is 8.95. The number of esters is 1. The van der Waals surface area contributed by atoms with Gasteiger partial charge in [-0.25, -0.2) is 4.39 Å². The number of carbonyl (C=O) groups is 1. The van der Waals surface area contributed by atoms with Gasteiger partial charge in [-0.05, 0) is 6.07 Å². The van der Waals surface area contributed by atoms with Crippen molar-refractivity contribution in [3.05, 3.63) is 17.9 Å². The Labute approximate surface area is 96.9 Å². The molecule has 0 amide bonds. The molecule has 1 aromatic carbocycles. The van der Waals surface area contributed by atoms with Gasteiger partial charge >= 0.3 is 5.97 Å². The highest BCUT2D eigenvalue weighted by molar-refractivity contribution is 8.00. The number of nitrogens with two attached hydrogens (primary N) is 1. The lowest BCUT2D eigenvalue weighted by molar-refractivity contribution is -0.137. The molecule has 6 heteroatoms. The van der Waals surface area contributed by atoms with Gasteiger partial charge in [-0.15, -0.1) is 11.8 Å². The van der Waals surface area contributed by atoms with Crippen LogP contribution in [0, 0.1) is 5.82 Å². The Kier molecular flexibility index (Phi) is 4.42. The van der Waals surface area contributed by atoms with E-state index in [1.807, 2.05) is 0 Å². The molecule has 0 saturated carbocycles. The summed E-state index contributed by atoms with van der Waals surface area (Å²) in [6.45, 7) is 0. The zero-order valence-corrected chi connectivity index (χ0v) is 9.77. The van der Waals surface area contributed by atoms with Crippen molar-refractivity contribution in [1.29, 1.82) is 0 Å². The summed E-state index contributed by atoms with van der Waals surface area (Å²) in [6, 6.07) is 2.62. The van der Waals surface area contributed by atoms with Crippen LogP contribution in [0.15, 0.2) is 17.0 Å². The zero-order chi connectivity index (χ0) is 12.1. The van der Waals surface area contributed by atoms with Crippen molar-refractivity contribution in [2.45, 2.75) is 4.90 Å². The van der Waals surface area contributed by atoms with Gasteiger partial charge in [-0.1, -0.05) is 0 Å². The van der Waals surface area contributed by atoms with Gasteiger partial charge in [0.25, 0.3) is 0 Å². The fraction of sp³-hybridized carbons (Fsp3) is 0.300. The monoisotopic (exact) mass is 245 g/mol. The molecular formula is C10H12FNO3S. The average Bonchev–Trinajstić information content (AvgIpc) is 2.27. The highest BCUT2D eigenvalue weighted by Crippen LogP contribution is 2.31. The van der Waals surface area contributed by atoms with Gasteiger partial charge in [-0.3, -0.25) is 4.79 Å². The molecule has 0 radical (unpaired) electrons.